The third-order valence-electron chi connectivity index (χ3n) is 3.76. The van der Waals surface area contributed by atoms with Crippen molar-refractivity contribution >= 4 is 0 Å². The maximum absolute atomic E-state index is 10.5. The van der Waals surface area contributed by atoms with Gasteiger partial charge in [0.05, 0.1) is 24.8 Å². The number of aliphatic hydroxyl groups is 1. The Hall–Kier alpha value is -2.61. The van der Waals surface area contributed by atoms with E-state index in [9.17, 15) is 5.11 Å². The van der Waals surface area contributed by atoms with E-state index in [4.69, 9.17) is 10.00 Å². The molecule has 0 amide bonds. The van der Waals surface area contributed by atoms with Crippen LogP contribution in [0, 0.1) is 11.3 Å². The Morgan fingerprint density at radius 1 is 1.29 bits per heavy atom. The van der Waals surface area contributed by atoms with Crippen LogP contribution in [0.25, 0.3) is 0 Å². The Bertz CT molecular complexity index is 722. The molecule has 1 N–H and O–H groups in total. The average molecular weight is 322 g/mol. The zero-order valence-corrected chi connectivity index (χ0v) is 13.9. The van der Waals surface area contributed by atoms with Gasteiger partial charge in [-0.05, 0) is 35.4 Å². The van der Waals surface area contributed by atoms with E-state index in [1.807, 2.05) is 48.5 Å². The van der Waals surface area contributed by atoms with Gasteiger partial charge in [-0.15, -0.1) is 6.58 Å². The number of aliphatic hydroxyl groups excluding tert-OH is 1. The topological polar surface area (TPSA) is 56.5 Å². The lowest BCUT2D eigenvalue weighted by Gasteiger charge is -2.24. The lowest BCUT2D eigenvalue weighted by molar-refractivity contribution is 0.116. The van der Waals surface area contributed by atoms with Crippen LogP contribution in [0.3, 0.4) is 0 Å². The second-order valence-corrected chi connectivity index (χ2v) is 5.59. The number of methoxy groups -OCH3 is 1. The predicted molar refractivity (Wildman–Crippen MR) is 94.6 cm³/mol. The summed E-state index contributed by atoms with van der Waals surface area (Å²) in [5.74, 6) is 0.726. The normalized spacial score (nSPS) is 11.8. The average Bonchev–Trinajstić information content (AvgIpc) is 2.62. The zero-order valence-electron chi connectivity index (χ0n) is 13.9. The van der Waals surface area contributed by atoms with E-state index in [2.05, 4.69) is 17.5 Å². The van der Waals surface area contributed by atoms with Crippen LogP contribution in [0.5, 0.6) is 5.75 Å². The highest BCUT2D eigenvalue weighted by Gasteiger charge is 2.14. The fraction of sp³-hybridized carbons (Fsp3) is 0.250. The summed E-state index contributed by atoms with van der Waals surface area (Å²) in [6, 6.07) is 17.1. The van der Waals surface area contributed by atoms with E-state index in [-0.39, 0.29) is 0 Å². The van der Waals surface area contributed by atoms with Gasteiger partial charge in [-0.2, -0.15) is 5.26 Å². The highest BCUT2D eigenvalue weighted by Crippen LogP contribution is 2.20. The van der Waals surface area contributed by atoms with E-state index in [0.29, 0.717) is 25.2 Å². The zero-order chi connectivity index (χ0) is 17.4. The summed E-state index contributed by atoms with van der Waals surface area (Å²) in [6.07, 6.45) is 1.19. The van der Waals surface area contributed by atoms with Crippen LogP contribution in [-0.4, -0.2) is 30.2 Å². The first-order valence-electron chi connectivity index (χ1n) is 7.80. The van der Waals surface area contributed by atoms with Gasteiger partial charge >= 0.3 is 0 Å². The minimum atomic E-state index is -0.626. The Labute approximate surface area is 143 Å². The molecule has 4 heteroatoms. The number of ether oxygens (including phenoxy) is 1. The number of nitriles is 1. The van der Waals surface area contributed by atoms with Gasteiger partial charge in [0, 0.05) is 19.6 Å². The summed E-state index contributed by atoms with van der Waals surface area (Å²) >= 11 is 0. The molecule has 0 aromatic heterocycles. The largest absolute Gasteiger partial charge is 0.497 e. The molecule has 2 aromatic rings. The van der Waals surface area contributed by atoms with E-state index >= 15 is 0 Å². The van der Waals surface area contributed by atoms with E-state index in [0.717, 1.165) is 16.9 Å². The quantitative estimate of drug-likeness (QED) is 0.758. The fourth-order valence-electron chi connectivity index (χ4n) is 2.58. The van der Waals surface area contributed by atoms with Crippen LogP contribution in [0.15, 0.2) is 61.2 Å². The van der Waals surface area contributed by atoms with Crippen molar-refractivity contribution in [3.8, 4) is 11.8 Å². The Balaban J connectivity index is 2.09. The molecular formula is C20H22N2O2. The molecule has 0 aliphatic rings. The van der Waals surface area contributed by atoms with Gasteiger partial charge in [0.1, 0.15) is 5.75 Å². The lowest BCUT2D eigenvalue weighted by atomic mass is 10.1. The molecule has 0 aliphatic heterocycles. The molecule has 24 heavy (non-hydrogen) atoms. The van der Waals surface area contributed by atoms with Crippen molar-refractivity contribution in [1.82, 2.24) is 4.90 Å². The van der Waals surface area contributed by atoms with Crippen LogP contribution in [-0.2, 0) is 6.54 Å². The van der Waals surface area contributed by atoms with Crippen molar-refractivity contribution in [2.45, 2.75) is 12.6 Å². The molecule has 1 atom stereocenters. The molecule has 0 radical (unpaired) electrons. The summed E-state index contributed by atoms with van der Waals surface area (Å²) in [7, 11) is 1.61. The molecule has 1 unspecified atom stereocenters. The van der Waals surface area contributed by atoms with Gasteiger partial charge in [0.2, 0.25) is 0 Å². The smallest absolute Gasteiger partial charge is 0.119 e. The van der Waals surface area contributed by atoms with Crippen molar-refractivity contribution in [2.75, 3.05) is 20.2 Å². The molecule has 124 valence electrons. The minimum Gasteiger partial charge on any atom is -0.497 e. The van der Waals surface area contributed by atoms with Gasteiger partial charge in [0.15, 0.2) is 0 Å². The van der Waals surface area contributed by atoms with Gasteiger partial charge in [-0.3, -0.25) is 4.90 Å². The van der Waals surface area contributed by atoms with Crippen molar-refractivity contribution < 1.29 is 9.84 Å². The Morgan fingerprint density at radius 3 is 2.79 bits per heavy atom. The molecule has 0 bridgehead atoms. The van der Waals surface area contributed by atoms with E-state index in [1.54, 1.807) is 13.2 Å². The molecule has 0 spiro atoms. The molecule has 2 aromatic carbocycles. The van der Waals surface area contributed by atoms with Crippen LogP contribution in [0.2, 0.25) is 0 Å². The highest BCUT2D eigenvalue weighted by molar-refractivity contribution is 5.33. The van der Waals surface area contributed by atoms with Crippen molar-refractivity contribution in [3.63, 3.8) is 0 Å². The van der Waals surface area contributed by atoms with Gasteiger partial charge in [-0.25, -0.2) is 0 Å². The van der Waals surface area contributed by atoms with Crippen LogP contribution < -0.4 is 4.74 Å². The maximum Gasteiger partial charge on any atom is 0.119 e. The predicted octanol–water partition coefficient (Wildman–Crippen LogP) is 3.29. The maximum atomic E-state index is 10.5. The third-order valence-corrected chi connectivity index (χ3v) is 3.76. The van der Waals surface area contributed by atoms with E-state index < -0.39 is 6.10 Å². The number of hydrogen-bond acceptors (Lipinski definition) is 4. The van der Waals surface area contributed by atoms with Crippen LogP contribution in [0.4, 0.5) is 0 Å². The molecule has 0 aliphatic carbocycles. The Kier molecular flexibility index (Phi) is 6.56. The van der Waals surface area contributed by atoms with Crippen molar-refractivity contribution in [3.05, 3.63) is 77.9 Å². The minimum absolute atomic E-state index is 0.468. The SMILES string of the molecule is C=CCN(Cc1cccc(C#N)c1)CC(O)c1cccc(OC)c1. The molecule has 0 heterocycles. The van der Waals surface area contributed by atoms with Crippen LogP contribution in [0.1, 0.15) is 22.8 Å². The first kappa shape index (κ1) is 17.7. The molecule has 2 rings (SSSR count). The van der Waals surface area contributed by atoms with E-state index in [1.165, 1.54) is 0 Å². The highest BCUT2D eigenvalue weighted by atomic mass is 16.5. The summed E-state index contributed by atoms with van der Waals surface area (Å²) in [5.41, 5.74) is 2.49. The third kappa shape index (κ3) is 4.95. The first-order chi connectivity index (χ1) is 11.7. The first-order valence-corrected chi connectivity index (χ1v) is 7.80. The number of rotatable bonds is 8. The Morgan fingerprint density at radius 2 is 2.08 bits per heavy atom. The molecule has 0 fully saturated rings. The number of hydrogen-bond donors (Lipinski definition) is 1. The summed E-state index contributed by atoms with van der Waals surface area (Å²) in [4.78, 5) is 2.09. The summed E-state index contributed by atoms with van der Waals surface area (Å²) < 4.78 is 5.21. The monoisotopic (exact) mass is 322 g/mol. The molecule has 0 saturated heterocycles. The summed E-state index contributed by atoms with van der Waals surface area (Å²) in [6.45, 7) is 5.55. The number of benzene rings is 2. The molecule has 4 nitrogen and oxygen atoms in total. The lowest BCUT2D eigenvalue weighted by Crippen LogP contribution is -2.28. The van der Waals surface area contributed by atoms with Crippen molar-refractivity contribution in [2.24, 2.45) is 0 Å². The molecule has 0 saturated carbocycles. The number of nitrogens with zero attached hydrogens (tertiary/aromatic N) is 2. The van der Waals surface area contributed by atoms with Gasteiger partial charge < -0.3 is 9.84 Å². The van der Waals surface area contributed by atoms with Crippen molar-refractivity contribution in [1.29, 1.82) is 5.26 Å². The standard InChI is InChI=1S/C20H22N2O2/c1-3-10-22(14-17-7-4-6-16(11-17)13-21)15-20(23)18-8-5-9-19(12-18)24-2/h3-9,11-12,20,23H,1,10,14-15H2,2H3. The van der Waals surface area contributed by atoms with Gasteiger partial charge in [0.25, 0.3) is 0 Å². The fourth-order valence-corrected chi connectivity index (χ4v) is 2.58. The second-order valence-electron chi connectivity index (χ2n) is 5.59. The molecular weight excluding hydrogens is 300 g/mol. The second kappa shape index (κ2) is 8.88. The summed E-state index contributed by atoms with van der Waals surface area (Å²) in [5, 5.41) is 19.5. The van der Waals surface area contributed by atoms with Gasteiger partial charge in [-0.1, -0.05) is 30.3 Å². The van der Waals surface area contributed by atoms with Crippen LogP contribution >= 0.6 is 0 Å².